The third-order valence-corrected chi connectivity index (χ3v) is 4.85. The summed E-state index contributed by atoms with van der Waals surface area (Å²) in [7, 11) is 0. The lowest BCUT2D eigenvalue weighted by Crippen LogP contribution is -2.34. The topological polar surface area (TPSA) is 51.2 Å². The van der Waals surface area contributed by atoms with Gasteiger partial charge in [0.25, 0.3) is 0 Å². The molecule has 2 fully saturated rings. The molecule has 4 rings (SSSR count). The Balaban J connectivity index is 1.34. The molecule has 4 nitrogen and oxygen atoms in total. The van der Waals surface area contributed by atoms with Gasteiger partial charge in [0.2, 0.25) is 0 Å². The highest BCUT2D eigenvalue weighted by Gasteiger charge is 2.70. The van der Waals surface area contributed by atoms with Crippen molar-refractivity contribution >= 4 is 0 Å². The number of rotatable bonds is 7. The van der Waals surface area contributed by atoms with Gasteiger partial charge in [0, 0.05) is 6.42 Å². The zero-order valence-corrected chi connectivity index (χ0v) is 13.5. The molecule has 2 aromatic rings. The van der Waals surface area contributed by atoms with Gasteiger partial charge in [-0.05, 0) is 11.1 Å². The van der Waals surface area contributed by atoms with E-state index >= 15 is 0 Å². The minimum atomic E-state index is -0.483. The van der Waals surface area contributed by atoms with Crippen molar-refractivity contribution in [3.05, 3.63) is 71.8 Å². The van der Waals surface area contributed by atoms with Crippen LogP contribution in [0.5, 0.6) is 0 Å². The molecule has 1 heterocycles. The van der Waals surface area contributed by atoms with Crippen molar-refractivity contribution in [1.29, 1.82) is 0 Å². The monoisotopic (exact) mass is 326 g/mol. The molecular formula is C20H22O4. The zero-order valence-electron chi connectivity index (χ0n) is 13.5. The highest BCUT2D eigenvalue weighted by Crippen LogP contribution is 2.51. The van der Waals surface area contributed by atoms with Gasteiger partial charge in [0.15, 0.2) is 0 Å². The molecule has 4 heteroatoms. The molecule has 1 saturated carbocycles. The highest BCUT2D eigenvalue weighted by atomic mass is 16.7. The number of aliphatic hydroxyl groups excluding tert-OH is 1. The number of ether oxygens (including phenoxy) is 3. The molecule has 4 atom stereocenters. The fourth-order valence-corrected chi connectivity index (χ4v) is 3.50. The van der Waals surface area contributed by atoms with E-state index in [1.165, 1.54) is 0 Å². The van der Waals surface area contributed by atoms with Gasteiger partial charge >= 0.3 is 0 Å². The molecule has 0 radical (unpaired) electrons. The van der Waals surface area contributed by atoms with E-state index in [4.69, 9.17) is 14.2 Å². The third-order valence-electron chi connectivity index (χ3n) is 4.85. The maximum Gasteiger partial charge on any atom is 0.147 e. The van der Waals surface area contributed by atoms with Gasteiger partial charge < -0.3 is 19.3 Å². The molecule has 1 N–H and O–H groups in total. The van der Waals surface area contributed by atoms with E-state index in [0.29, 0.717) is 26.2 Å². The van der Waals surface area contributed by atoms with Crippen molar-refractivity contribution in [2.24, 2.45) is 0 Å². The summed E-state index contributed by atoms with van der Waals surface area (Å²) in [6.45, 7) is 1.51. The Morgan fingerprint density at radius 2 is 1.58 bits per heavy atom. The fourth-order valence-electron chi connectivity index (χ4n) is 3.50. The fraction of sp³-hybridized carbons (Fsp3) is 0.400. The molecule has 2 aliphatic rings. The molecule has 1 aliphatic heterocycles. The molecule has 1 aliphatic carbocycles. The molecular weight excluding hydrogens is 304 g/mol. The second-order valence-electron chi connectivity index (χ2n) is 6.56. The van der Waals surface area contributed by atoms with Crippen LogP contribution in [0, 0.1) is 0 Å². The van der Waals surface area contributed by atoms with Crippen LogP contribution < -0.4 is 0 Å². The van der Waals surface area contributed by atoms with E-state index < -0.39 is 11.7 Å². The van der Waals surface area contributed by atoms with Crippen molar-refractivity contribution in [2.75, 3.05) is 6.61 Å². The molecule has 0 amide bonds. The Hall–Kier alpha value is -1.72. The minimum Gasteiger partial charge on any atom is -0.390 e. The summed E-state index contributed by atoms with van der Waals surface area (Å²) in [5.41, 5.74) is 1.77. The summed E-state index contributed by atoms with van der Waals surface area (Å²) in [6, 6.07) is 20.1. The van der Waals surface area contributed by atoms with Crippen LogP contribution in [-0.2, 0) is 27.4 Å². The number of hydrogen-bond acceptors (Lipinski definition) is 4. The average molecular weight is 326 g/mol. The summed E-state index contributed by atoms with van der Waals surface area (Å²) < 4.78 is 17.7. The first kappa shape index (κ1) is 15.8. The Labute approximate surface area is 142 Å². The quantitative estimate of drug-likeness (QED) is 0.795. The smallest absolute Gasteiger partial charge is 0.147 e. The summed E-state index contributed by atoms with van der Waals surface area (Å²) in [6.07, 6.45) is -0.153. The van der Waals surface area contributed by atoms with Crippen LogP contribution >= 0.6 is 0 Å². The van der Waals surface area contributed by atoms with Crippen LogP contribution in [0.4, 0.5) is 0 Å². The van der Waals surface area contributed by atoms with Gasteiger partial charge in [-0.2, -0.15) is 0 Å². The first-order chi connectivity index (χ1) is 11.8. The molecule has 0 unspecified atom stereocenters. The molecule has 1 saturated heterocycles. The Morgan fingerprint density at radius 3 is 2.21 bits per heavy atom. The standard InChI is InChI=1S/C20H22O4/c21-17-11-18(23-13-16-9-5-2-6-10-16)20(19(17)24-20)14-22-12-15-7-3-1-4-8-15/h1-10,17-19,21H,11-14H2/t17-,18+,19+,20-/m1/s1. The first-order valence-corrected chi connectivity index (χ1v) is 8.41. The third kappa shape index (κ3) is 3.10. The normalized spacial score (nSPS) is 31.0. The van der Waals surface area contributed by atoms with E-state index in [1.807, 2.05) is 60.7 Å². The lowest BCUT2D eigenvalue weighted by Gasteiger charge is -2.21. The minimum absolute atomic E-state index is 0.131. The van der Waals surface area contributed by atoms with E-state index in [0.717, 1.165) is 11.1 Å². The van der Waals surface area contributed by atoms with Crippen molar-refractivity contribution in [2.45, 2.75) is 43.5 Å². The number of fused-ring (bicyclic) bond motifs is 1. The largest absolute Gasteiger partial charge is 0.390 e. The van der Waals surface area contributed by atoms with Crippen LogP contribution in [-0.4, -0.2) is 35.6 Å². The first-order valence-electron chi connectivity index (χ1n) is 8.41. The van der Waals surface area contributed by atoms with E-state index in [2.05, 4.69) is 0 Å². The van der Waals surface area contributed by atoms with Crippen LogP contribution in [0.2, 0.25) is 0 Å². The van der Waals surface area contributed by atoms with Gasteiger partial charge in [-0.15, -0.1) is 0 Å². The second-order valence-corrected chi connectivity index (χ2v) is 6.56. The summed E-state index contributed by atoms with van der Waals surface area (Å²) in [5.74, 6) is 0. The second kappa shape index (κ2) is 6.65. The molecule has 24 heavy (non-hydrogen) atoms. The summed E-state index contributed by atoms with van der Waals surface area (Å²) in [5, 5.41) is 10.1. The van der Waals surface area contributed by atoms with Gasteiger partial charge in [0.05, 0.1) is 32.0 Å². The van der Waals surface area contributed by atoms with Crippen molar-refractivity contribution in [3.8, 4) is 0 Å². The number of benzene rings is 2. The lowest BCUT2D eigenvalue weighted by molar-refractivity contribution is -0.0634. The van der Waals surface area contributed by atoms with Crippen molar-refractivity contribution in [3.63, 3.8) is 0 Å². The maximum absolute atomic E-state index is 10.1. The van der Waals surface area contributed by atoms with Crippen LogP contribution in [0.1, 0.15) is 17.5 Å². The molecule has 126 valence electrons. The number of aliphatic hydroxyl groups is 1. The number of hydrogen-bond donors (Lipinski definition) is 1. The summed E-state index contributed by atoms with van der Waals surface area (Å²) >= 11 is 0. The maximum atomic E-state index is 10.1. The SMILES string of the molecule is O[C@@H]1C[C@H](OCc2ccccc2)[C@@]2(COCc3ccccc3)O[C@@H]12. The van der Waals surface area contributed by atoms with Crippen LogP contribution in [0.25, 0.3) is 0 Å². The van der Waals surface area contributed by atoms with E-state index in [9.17, 15) is 5.11 Å². The van der Waals surface area contributed by atoms with E-state index in [1.54, 1.807) is 0 Å². The Bertz CT molecular complexity index is 660. The Kier molecular flexibility index (Phi) is 4.37. The predicted octanol–water partition coefficient (Wildman–Crippen LogP) is 2.69. The van der Waals surface area contributed by atoms with Crippen molar-refractivity contribution in [1.82, 2.24) is 0 Å². The molecule has 0 aromatic heterocycles. The molecule has 2 aromatic carbocycles. The van der Waals surface area contributed by atoms with Gasteiger partial charge in [-0.3, -0.25) is 0 Å². The number of epoxide rings is 1. The summed E-state index contributed by atoms with van der Waals surface area (Å²) in [4.78, 5) is 0. The molecule has 0 bridgehead atoms. The van der Waals surface area contributed by atoms with Gasteiger partial charge in [-0.25, -0.2) is 0 Å². The zero-order chi connectivity index (χ0) is 16.4. The average Bonchev–Trinajstić information content (AvgIpc) is 3.30. The predicted molar refractivity (Wildman–Crippen MR) is 89.3 cm³/mol. The van der Waals surface area contributed by atoms with Crippen LogP contribution in [0.15, 0.2) is 60.7 Å². The van der Waals surface area contributed by atoms with Crippen LogP contribution in [0.3, 0.4) is 0 Å². The Morgan fingerprint density at radius 1 is 0.958 bits per heavy atom. The van der Waals surface area contributed by atoms with Gasteiger partial charge in [-0.1, -0.05) is 60.7 Å². The highest BCUT2D eigenvalue weighted by molar-refractivity contribution is 5.19. The van der Waals surface area contributed by atoms with Gasteiger partial charge in [0.1, 0.15) is 11.7 Å². The van der Waals surface area contributed by atoms with Crippen molar-refractivity contribution < 1.29 is 19.3 Å². The lowest BCUT2D eigenvalue weighted by atomic mass is 10.1. The van der Waals surface area contributed by atoms with E-state index in [-0.39, 0.29) is 12.2 Å². The molecule has 0 spiro atoms.